The molecule has 0 unspecified atom stereocenters. The second-order valence-electron chi connectivity index (χ2n) is 5.35. The molecule has 19 heavy (non-hydrogen) atoms. The SMILES string of the molecule is NCCCCCCCCCCCc1ccc(Br)cc1. The van der Waals surface area contributed by atoms with Gasteiger partial charge in [-0.05, 0) is 43.5 Å². The molecule has 0 saturated carbocycles. The Labute approximate surface area is 127 Å². The van der Waals surface area contributed by atoms with Gasteiger partial charge in [-0.1, -0.05) is 73.0 Å². The zero-order valence-corrected chi connectivity index (χ0v) is 13.6. The lowest BCUT2D eigenvalue weighted by atomic mass is 10.0. The second-order valence-corrected chi connectivity index (χ2v) is 6.26. The molecule has 0 bridgehead atoms. The van der Waals surface area contributed by atoms with Crippen molar-refractivity contribution in [1.82, 2.24) is 0 Å². The van der Waals surface area contributed by atoms with Crippen molar-refractivity contribution >= 4 is 15.9 Å². The quantitative estimate of drug-likeness (QED) is 0.537. The monoisotopic (exact) mass is 325 g/mol. The fourth-order valence-corrected chi connectivity index (χ4v) is 2.63. The van der Waals surface area contributed by atoms with Gasteiger partial charge in [-0.15, -0.1) is 0 Å². The number of unbranched alkanes of at least 4 members (excludes halogenated alkanes) is 8. The molecule has 0 aliphatic carbocycles. The fraction of sp³-hybridized carbons (Fsp3) is 0.647. The van der Waals surface area contributed by atoms with E-state index in [2.05, 4.69) is 40.2 Å². The Hall–Kier alpha value is -0.340. The summed E-state index contributed by atoms with van der Waals surface area (Å²) in [7, 11) is 0. The first kappa shape index (κ1) is 16.7. The normalized spacial score (nSPS) is 10.8. The van der Waals surface area contributed by atoms with Gasteiger partial charge in [0.2, 0.25) is 0 Å². The summed E-state index contributed by atoms with van der Waals surface area (Å²) in [5, 5.41) is 0. The zero-order valence-electron chi connectivity index (χ0n) is 12.0. The Morgan fingerprint density at radius 3 is 1.68 bits per heavy atom. The molecule has 0 aromatic heterocycles. The van der Waals surface area contributed by atoms with Crippen molar-refractivity contribution in [2.75, 3.05) is 6.54 Å². The molecule has 2 heteroatoms. The number of aryl methyl sites for hydroxylation is 1. The summed E-state index contributed by atoms with van der Waals surface area (Å²) in [4.78, 5) is 0. The van der Waals surface area contributed by atoms with Crippen LogP contribution in [0, 0.1) is 0 Å². The molecule has 0 aliphatic heterocycles. The topological polar surface area (TPSA) is 26.0 Å². The molecule has 1 aromatic rings. The Bertz CT molecular complexity index is 308. The molecule has 1 rings (SSSR count). The standard InChI is InChI=1S/C17H28BrN/c18-17-13-11-16(12-14-17)10-8-6-4-2-1-3-5-7-9-15-19/h11-14H,1-10,15,19H2. The average molecular weight is 326 g/mol. The maximum atomic E-state index is 5.48. The van der Waals surface area contributed by atoms with Crippen LogP contribution in [-0.2, 0) is 6.42 Å². The molecule has 1 nitrogen and oxygen atoms in total. The molecule has 0 radical (unpaired) electrons. The number of hydrogen-bond donors (Lipinski definition) is 1. The van der Waals surface area contributed by atoms with E-state index >= 15 is 0 Å². The van der Waals surface area contributed by atoms with Crippen molar-refractivity contribution in [3.05, 3.63) is 34.3 Å². The summed E-state index contributed by atoms with van der Waals surface area (Å²) in [6.45, 7) is 0.857. The highest BCUT2D eigenvalue weighted by atomic mass is 79.9. The van der Waals surface area contributed by atoms with Gasteiger partial charge in [0, 0.05) is 4.47 Å². The van der Waals surface area contributed by atoms with Crippen molar-refractivity contribution in [1.29, 1.82) is 0 Å². The Morgan fingerprint density at radius 2 is 1.16 bits per heavy atom. The van der Waals surface area contributed by atoms with E-state index in [0.717, 1.165) is 6.54 Å². The van der Waals surface area contributed by atoms with Crippen molar-refractivity contribution < 1.29 is 0 Å². The maximum Gasteiger partial charge on any atom is 0.0175 e. The summed E-state index contributed by atoms with van der Waals surface area (Å²) >= 11 is 3.47. The molecular formula is C17H28BrN. The third-order valence-electron chi connectivity index (χ3n) is 3.58. The lowest BCUT2D eigenvalue weighted by Gasteiger charge is -2.03. The molecule has 0 saturated heterocycles. The third-order valence-corrected chi connectivity index (χ3v) is 4.11. The van der Waals surface area contributed by atoms with Crippen LogP contribution in [0.4, 0.5) is 0 Å². The highest BCUT2D eigenvalue weighted by molar-refractivity contribution is 9.10. The van der Waals surface area contributed by atoms with Crippen LogP contribution in [-0.4, -0.2) is 6.54 Å². The van der Waals surface area contributed by atoms with Crippen LogP contribution in [0.2, 0.25) is 0 Å². The van der Waals surface area contributed by atoms with Gasteiger partial charge in [0.15, 0.2) is 0 Å². The fourth-order valence-electron chi connectivity index (χ4n) is 2.36. The van der Waals surface area contributed by atoms with Crippen LogP contribution in [0.5, 0.6) is 0 Å². The van der Waals surface area contributed by atoms with E-state index in [9.17, 15) is 0 Å². The second kappa shape index (κ2) is 11.5. The minimum Gasteiger partial charge on any atom is -0.330 e. The minimum atomic E-state index is 0.857. The first-order valence-electron chi connectivity index (χ1n) is 7.77. The van der Waals surface area contributed by atoms with Crippen LogP contribution in [0.1, 0.15) is 63.4 Å². The average Bonchev–Trinajstić information content (AvgIpc) is 2.43. The van der Waals surface area contributed by atoms with Crippen LogP contribution in [0.25, 0.3) is 0 Å². The van der Waals surface area contributed by atoms with Gasteiger partial charge in [0.1, 0.15) is 0 Å². The van der Waals surface area contributed by atoms with E-state index in [-0.39, 0.29) is 0 Å². The molecule has 0 aliphatic rings. The van der Waals surface area contributed by atoms with Gasteiger partial charge < -0.3 is 5.73 Å². The van der Waals surface area contributed by atoms with Gasteiger partial charge in [-0.25, -0.2) is 0 Å². The largest absolute Gasteiger partial charge is 0.330 e. The number of halogens is 1. The van der Waals surface area contributed by atoms with Crippen LogP contribution in [0.15, 0.2) is 28.7 Å². The smallest absolute Gasteiger partial charge is 0.0175 e. The van der Waals surface area contributed by atoms with Crippen molar-refractivity contribution in [3.8, 4) is 0 Å². The van der Waals surface area contributed by atoms with Crippen molar-refractivity contribution in [2.24, 2.45) is 5.73 Å². The molecule has 0 fully saturated rings. The lowest BCUT2D eigenvalue weighted by molar-refractivity contribution is 0.560. The van der Waals surface area contributed by atoms with E-state index in [4.69, 9.17) is 5.73 Å². The number of rotatable bonds is 11. The van der Waals surface area contributed by atoms with Gasteiger partial charge in [0.05, 0.1) is 0 Å². The Morgan fingerprint density at radius 1 is 0.684 bits per heavy atom. The van der Waals surface area contributed by atoms with Gasteiger partial charge in [0.25, 0.3) is 0 Å². The van der Waals surface area contributed by atoms with E-state index in [1.807, 2.05) is 0 Å². The molecule has 0 amide bonds. The molecule has 1 aromatic carbocycles. The number of hydrogen-bond acceptors (Lipinski definition) is 1. The highest BCUT2D eigenvalue weighted by Gasteiger charge is 1.95. The highest BCUT2D eigenvalue weighted by Crippen LogP contribution is 2.14. The van der Waals surface area contributed by atoms with Crippen LogP contribution < -0.4 is 5.73 Å². The van der Waals surface area contributed by atoms with E-state index in [0.29, 0.717) is 0 Å². The van der Waals surface area contributed by atoms with Gasteiger partial charge in [-0.2, -0.15) is 0 Å². The molecule has 0 heterocycles. The van der Waals surface area contributed by atoms with Crippen molar-refractivity contribution in [2.45, 2.75) is 64.2 Å². The Balaban J connectivity index is 1.87. The molecule has 0 spiro atoms. The predicted molar refractivity (Wildman–Crippen MR) is 88.5 cm³/mol. The molecule has 108 valence electrons. The first-order chi connectivity index (χ1) is 9.33. The number of nitrogens with two attached hydrogens (primary N) is 1. The molecule has 0 atom stereocenters. The first-order valence-corrected chi connectivity index (χ1v) is 8.57. The summed E-state index contributed by atoms with van der Waals surface area (Å²) in [5.74, 6) is 0. The maximum absolute atomic E-state index is 5.48. The summed E-state index contributed by atoms with van der Waals surface area (Å²) in [5.41, 5.74) is 6.94. The minimum absolute atomic E-state index is 0.857. The summed E-state index contributed by atoms with van der Waals surface area (Å²) < 4.78 is 1.17. The lowest BCUT2D eigenvalue weighted by Crippen LogP contribution is -1.97. The molecule has 2 N–H and O–H groups in total. The van der Waals surface area contributed by atoms with Crippen LogP contribution >= 0.6 is 15.9 Å². The number of benzene rings is 1. The summed E-state index contributed by atoms with van der Waals surface area (Å²) in [6, 6.07) is 8.72. The van der Waals surface area contributed by atoms with E-state index in [1.165, 1.54) is 74.2 Å². The zero-order chi connectivity index (χ0) is 13.8. The summed E-state index contributed by atoms with van der Waals surface area (Å²) in [6.07, 6.45) is 13.4. The van der Waals surface area contributed by atoms with Crippen molar-refractivity contribution in [3.63, 3.8) is 0 Å². The van der Waals surface area contributed by atoms with Gasteiger partial charge in [-0.3, -0.25) is 0 Å². The molecular weight excluding hydrogens is 298 g/mol. The van der Waals surface area contributed by atoms with Gasteiger partial charge >= 0.3 is 0 Å². The predicted octanol–water partition coefficient (Wildman–Crippen LogP) is 5.46. The van der Waals surface area contributed by atoms with E-state index < -0.39 is 0 Å². The third kappa shape index (κ3) is 9.23. The van der Waals surface area contributed by atoms with Crippen LogP contribution in [0.3, 0.4) is 0 Å². The van der Waals surface area contributed by atoms with E-state index in [1.54, 1.807) is 0 Å². The Kier molecular flexibility index (Phi) is 10.1.